The van der Waals surface area contributed by atoms with Crippen LogP contribution in [0, 0.1) is 5.82 Å². The average Bonchev–Trinajstić information content (AvgIpc) is 2.51. The molecule has 0 heterocycles. The Balaban J connectivity index is 2.03. The first-order valence-corrected chi connectivity index (χ1v) is 8.39. The van der Waals surface area contributed by atoms with Crippen molar-refractivity contribution in [2.75, 3.05) is 11.9 Å². The Kier molecular flexibility index (Phi) is 6.09. The van der Waals surface area contributed by atoms with Gasteiger partial charge in [-0.25, -0.2) is 4.39 Å². The maximum absolute atomic E-state index is 13.3. The summed E-state index contributed by atoms with van der Waals surface area (Å²) in [7, 11) is -2.77. The zero-order valence-corrected chi connectivity index (χ0v) is 13.3. The molecule has 0 bridgehead atoms. The number of unbranched alkanes of at least 4 members (excludes halogenated alkanes) is 1. The van der Waals surface area contributed by atoms with Crippen LogP contribution in [0.1, 0.15) is 19.8 Å². The molecule has 0 spiro atoms. The van der Waals surface area contributed by atoms with Crippen molar-refractivity contribution in [3.63, 3.8) is 0 Å². The fourth-order valence-corrected chi connectivity index (χ4v) is 2.55. The molecule has 0 fully saturated rings. The second kappa shape index (κ2) is 8.28. The predicted molar refractivity (Wildman–Crippen MR) is 83.9 cm³/mol. The van der Waals surface area contributed by atoms with Crippen LogP contribution in [0.15, 0.2) is 48.5 Å². The van der Waals surface area contributed by atoms with Gasteiger partial charge in [0, 0.05) is 12.6 Å². The van der Waals surface area contributed by atoms with Crippen LogP contribution in [-0.2, 0) is 4.46 Å². The van der Waals surface area contributed by atoms with Gasteiger partial charge in [0.2, 0.25) is 0 Å². The van der Waals surface area contributed by atoms with E-state index in [0.29, 0.717) is 23.7 Å². The molecule has 0 unspecified atom stereocenters. The first-order chi connectivity index (χ1) is 10.7. The second-order valence-corrected chi connectivity index (χ2v) is 5.60. The van der Waals surface area contributed by atoms with E-state index in [1.165, 1.54) is 18.2 Å². The number of hydrogen-bond donors (Lipinski definition) is 1. The highest BCUT2D eigenvalue weighted by Gasteiger charge is 2.17. The molecule has 116 valence electrons. The zero-order chi connectivity index (χ0) is 15.8. The van der Waals surface area contributed by atoms with Crippen LogP contribution in [0.3, 0.4) is 0 Å². The molecule has 0 aliphatic rings. The van der Waals surface area contributed by atoms with Crippen LogP contribution in [-0.4, -0.2) is 15.7 Å². The molecular formula is C16H18FNO3Si. The summed E-state index contributed by atoms with van der Waals surface area (Å²) in [6, 6.07) is 12.8. The second-order valence-electron chi connectivity index (χ2n) is 4.69. The molecule has 6 heteroatoms. The van der Waals surface area contributed by atoms with Crippen molar-refractivity contribution < 1.29 is 17.7 Å². The summed E-state index contributed by atoms with van der Waals surface area (Å²) < 4.78 is 35.9. The maximum Gasteiger partial charge on any atom is 0.778 e. The van der Waals surface area contributed by atoms with E-state index in [0.717, 1.165) is 12.8 Å². The number of nitrogens with one attached hydrogen (secondary N) is 1. The Bertz CT molecular complexity index is 622. The van der Waals surface area contributed by atoms with E-state index in [-0.39, 0.29) is 5.82 Å². The van der Waals surface area contributed by atoms with Gasteiger partial charge in [-0.05, 0) is 30.7 Å². The van der Waals surface area contributed by atoms with E-state index in [9.17, 15) is 8.85 Å². The molecular weight excluding hydrogens is 301 g/mol. The molecule has 2 aromatic carbocycles. The first kappa shape index (κ1) is 16.2. The Morgan fingerprint density at radius 1 is 1.14 bits per heavy atom. The van der Waals surface area contributed by atoms with Crippen molar-refractivity contribution in [3.8, 4) is 11.5 Å². The number of anilines is 1. The number of hydrogen-bond acceptors (Lipinski definition) is 4. The van der Waals surface area contributed by atoms with E-state index < -0.39 is 9.17 Å². The molecule has 0 aromatic heterocycles. The van der Waals surface area contributed by atoms with Gasteiger partial charge in [0.15, 0.2) is 0 Å². The van der Waals surface area contributed by atoms with Gasteiger partial charge in [-0.1, -0.05) is 31.5 Å². The largest absolute Gasteiger partial charge is 0.778 e. The molecule has 2 rings (SSSR count). The zero-order valence-electron chi connectivity index (χ0n) is 12.3. The number of rotatable bonds is 8. The highest BCUT2D eigenvalue weighted by molar-refractivity contribution is 6.28. The minimum Gasteiger partial charge on any atom is -0.459 e. The SMILES string of the molecule is CCCCNc1cc(F)ccc1O[Si](=O)Oc1ccccc1. The average molecular weight is 319 g/mol. The van der Waals surface area contributed by atoms with Gasteiger partial charge in [0.1, 0.15) is 17.3 Å². The fraction of sp³-hybridized carbons (Fsp3) is 0.250. The van der Waals surface area contributed by atoms with Gasteiger partial charge < -0.3 is 14.2 Å². The first-order valence-electron chi connectivity index (χ1n) is 7.17. The number of para-hydroxylation sites is 1. The van der Waals surface area contributed by atoms with Crippen LogP contribution >= 0.6 is 0 Å². The molecule has 0 amide bonds. The van der Waals surface area contributed by atoms with Gasteiger partial charge in [-0.2, -0.15) is 0 Å². The molecule has 1 N–H and O–H groups in total. The van der Waals surface area contributed by atoms with Crippen LogP contribution in [0.4, 0.5) is 10.1 Å². The lowest BCUT2D eigenvalue weighted by molar-refractivity contribution is 0.346. The lowest BCUT2D eigenvalue weighted by Gasteiger charge is -2.12. The van der Waals surface area contributed by atoms with Crippen molar-refractivity contribution >= 4 is 14.9 Å². The smallest absolute Gasteiger partial charge is 0.459 e. The van der Waals surface area contributed by atoms with Gasteiger partial charge in [0.25, 0.3) is 0 Å². The predicted octanol–water partition coefficient (Wildman–Crippen LogP) is 3.91. The summed E-state index contributed by atoms with van der Waals surface area (Å²) in [6.07, 6.45) is 1.97. The quantitative estimate of drug-likeness (QED) is 0.592. The summed E-state index contributed by atoms with van der Waals surface area (Å²) in [4.78, 5) is 0. The Hall–Kier alpha value is -2.21. The van der Waals surface area contributed by atoms with E-state index in [1.54, 1.807) is 24.3 Å². The third-order valence-corrected chi connectivity index (χ3v) is 3.71. The molecule has 0 saturated carbocycles. The number of benzene rings is 2. The van der Waals surface area contributed by atoms with Crippen LogP contribution in [0.2, 0.25) is 0 Å². The van der Waals surface area contributed by atoms with Crippen LogP contribution in [0.25, 0.3) is 0 Å². The molecule has 0 atom stereocenters. The standard InChI is InChI=1S/C16H18FNO3Si/c1-2-3-11-18-15-12-13(17)9-10-16(15)21-22(19)20-14-7-5-4-6-8-14/h4-10,12,18H,2-3,11H2,1H3. The molecule has 0 aliphatic carbocycles. The van der Waals surface area contributed by atoms with Crippen LogP contribution in [0.5, 0.6) is 11.5 Å². The normalized spacial score (nSPS) is 10.1. The van der Waals surface area contributed by atoms with E-state index in [1.807, 2.05) is 6.07 Å². The van der Waals surface area contributed by atoms with E-state index in [4.69, 9.17) is 8.85 Å². The van der Waals surface area contributed by atoms with Crippen molar-refractivity contribution in [2.45, 2.75) is 19.8 Å². The lowest BCUT2D eigenvalue weighted by Crippen LogP contribution is -2.20. The summed E-state index contributed by atoms with van der Waals surface area (Å²) in [5, 5.41) is 3.08. The third-order valence-electron chi connectivity index (χ3n) is 2.93. The summed E-state index contributed by atoms with van der Waals surface area (Å²) in [6.45, 7) is 2.76. The van der Waals surface area contributed by atoms with Crippen molar-refractivity contribution in [1.82, 2.24) is 0 Å². The molecule has 22 heavy (non-hydrogen) atoms. The molecule has 4 nitrogen and oxygen atoms in total. The van der Waals surface area contributed by atoms with Crippen molar-refractivity contribution in [1.29, 1.82) is 0 Å². The molecule has 2 aromatic rings. The Morgan fingerprint density at radius 2 is 1.91 bits per heavy atom. The minimum absolute atomic E-state index is 0.317. The molecule has 0 saturated heterocycles. The topological polar surface area (TPSA) is 47.6 Å². The lowest BCUT2D eigenvalue weighted by atomic mass is 10.2. The maximum atomic E-state index is 13.3. The molecule has 0 aliphatic heterocycles. The third kappa shape index (κ3) is 4.96. The van der Waals surface area contributed by atoms with Crippen molar-refractivity contribution in [2.24, 2.45) is 0 Å². The molecule has 0 radical (unpaired) electrons. The fourth-order valence-electron chi connectivity index (χ4n) is 1.82. The summed E-state index contributed by atoms with van der Waals surface area (Å²) in [5.74, 6) is 0.404. The van der Waals surface area contributed by atoms with Gasteiger partial charge in [-0.15, -0.1) is 0 Å². The minimum atomic E-state index is -2.77. The Morgan fingerprint density at radius 3 is 2.64 bits per heavy atom. The van der Waals surface area contributed by atoms with Crippen molar-refractivity contribution in [3.05, 3.63) is 54.3 Å². The summed E-state index contributed by atoms with van der Waals surface area (Å²) >= 11 is 0. The highest BCUT2D eigenvalue weighted by atomic mass is 28.3. The number of halogens is 1. The summed E-state index contributed by atoms with van der Waals surface area (Å²) in [5.41, 5.74) is 0.475. The van der Waals surface area contributed by atoms with E-state index >= 15 is 0 Å². The van der Waals surface area contributed by atoms with Gasteiger partial charge in [-0.3, -0.25) is 4.46 Å². The van der Waals surface area contributed by atoms with Gasteiger partial charge in [0.05, 0.1) is 5.69 Å². The highest BCUT2D eigenvalue weighted by Crippen LogP contribution is 2.25. The van der Waals surface area contributed by atoms with Gasteiger partial charge >= 0.3 is 9.17 Å². The monoisotopic (exact) mass is 319 g/mol. The van der Waals surface area contributed by atoms with E-state index in [2.05, 4.69) is 12.2 Å². The Labute approximate surface area is 130 Å². The van der Waals surface area contributed by atoms with Crippen LogP contribution < -0.4 is 14.2 Å².